The molecule has 22 heavy (non-hydrogen) atoms. The quantitative estimate of drug-likeness (QED) is 0.914. The van der Waals surface area contributed by atoms with E-state index >= 15 is 0 Å². The van der Waals surface area contributed by atoms with Crippen molar-refractivity contribution in [3.8, 4) is 0 Å². The van der Waals surface area contributed by atoms with E-state index in [0.29, 0.717) is 31.9 Å². The number of aromatic nitrogens is 2. The molecular weight excluding hydrogens is 278 g/mol. The third-order valence-electron chi connectivity index (χ3n) is 3.88. The van der Waals surface area contributed by atoms with Gasteiger partial charge in [-0.25, -0.2) is 9.97 Å². The average molecular weight is 297 g/mol. The van der Waals surface area contributed by atoms with Crippen molar-refractivity contribution >= 4 is 5.91 Å². The van der Waals surface area contributed by atoms with Gasteiger partial charge < -0.3 is 10.1 Å². The number of hydrogen-bond donors (Lipinski definition) is 1. The van der Waals surface area contributed by atoms with Gasteiger partial charge in [-0.2, -0.15) is 0 Å². The molecule has 114 valence electrons. The van der Waals surface area contributed by atoms with Crippen LogP contribution in [0.3, 0.4) is 0 Å². The summed E-state index contributed by atoms with van der Waals surface area (Å²) in [5, 5.41) is 3.09. The SMILES string of the molecule is O=C(CCc1ccccc1)NC1(c2ncccn2)CCOC1. The number of amides is 1. The van der Waals surface area contributed by atoms with E-state index in [4.69, 9.17) is 4.74 Å². The molecule has 3 rings (SSSR count). The zero-order valence-corrected chi connectivity index (χ0v) is 12.4. The minimum Gasteiger partial charge on any atom is -0.378 e. The first-order chi connectivity index (χ1) is 10.8. The zero-order chi connectivity index (χ0) is 15.3. The normalized spacial score (nSPS) is 20.7. The highest BCUT2D eigenvalue weighted by molar-refractivity contribution is 5.77. The number of carbonyl (C=O) groups excluding carboxylic acids is 1. The summed E-state index contributed by atoms with van der Waals surface area (Å²) in [5.41, 5.74) is 0.569. The van der Waals surface area contributed by atoms with E-state index in [9.17, 15) is 4.79 Å². The molecule has 1 aromatic heterocycles. The second-order valence-electron chi connectivity index (χ2n) is 5.49. The van der Waals surface area contributed by atoms with Crippen molar-refractivity contribution in [2.45, 2.75) is 24.8 Å². The predicted octanol–water partition coefficient (Wildman–Crippen LogP) is 1.84. The predicted molar refractivity (Wildman–Crippen MR) is 82.1 cm³/mol. The number of rotatable bonds is 5. The lowest BCUT2D eigenvalue weighted by Gasteiger charge is -2.27. The van der Waals surface area contributed by atoms with Crippen molar-refractivity contribution in [1.82, 2.24) is 15.3 Å². The second kappa shape index (κ2) is 6.66. The van der Waals surface area contributed by atoms with Crippen molar-refractivity contribution < 1.29 is 9.53 Å². The van der Waals surface area contributed by atoms with Gasteiger partial charge in [-0.15, -0.1) is 0 Å². The van der Waals surface area contributed by atoms with E-state index in [1.165, 1.54) is 0 Å². The van der Waals surface area contributed by atoms with Gasteiger partial charge in [-0.3, -0.25) is 4.79 Å². The Kier molecular flexibility index (Phi) is 4.44. The highest BCUT2D eigenvalue weighted by Crippen LogP contribution is 2.27. The van der Waals surface area contributed by atoms with E-state index < -0.39 is 5.54 Å². The van der Waals surface area contributed by atoms with Crippen molar-refractivity contribution in [3.05, 3.63) is 60.2 Å². The Hall–Kier alpha value is -2.27. The van der Waals surface area contributed by atoms with Crippen LogP contribution in [-0.2, 0) is 21.5 Å². The fourth-order valence-electron chi connectivity index (χ4n) is 2.67. The molecule has 1 aliphatic rings. The van der Waals surface area contributed by atoms with Crippen molar-refractivity contribution in [3.63, 3.8) is 0 Å². The van der Waals surface area contributed by atoms with E-state index in [1.807, 2.05) is 30.3 Å². The van der Waals surface area contributed by atoms with Crippen LogP contribution in [0.5, 0.6) is 0 Å². The Morgan fingerprint density at radius 3 is 2.64 bits per heavy atom. The molecule has 1 unspecified atom stereocenters. The second-order valence-corrected chi connectivity index (χ2v) is 5.49. The number of benzene rings is 1. The van der Waals surface area contributed by atoms with E-state index in [1.54, 1.807) is 18.5 Å². The van der Waals surface area contributed by atoms with Gasteiger partial charge in [-0.1, -0.05) is 30.3 Å². The summed E-state index contributed by atoms with van der Waals surface area (Å²) in [6.45, 7) is 1.03. The Bertz CT molecular complexity index is 610. The first-order valence-corrected chi connectivity index (χ1v) is 7.49. The van der Waals surface area contributed by atoms with Crippen molar-refractivity contribution in [2.24, 2.45) is 0 Å². The minimum absolute atomic E-state index is 0.00167. The molecule has 0 spiro atoms. The molecule has 1 atom stereocenters. The maximum Gasteiger partial charge on any atom is 0.221 e. The summed E-state index contributed by atoms with van der Waals surface area (Å²) in [7, 11) is 0. The maximum atomic E-state index is 12.3. The van der Waals surface area contributed by atoms with Gasteiger partial charge in [0.1, 0.15) is 5.54 Å². The molecule has 1 saturated heterocycles. The van der Waals surface area contributed by atoms with Crippen molar-refractivity contribution in [2.75, 3.05) is 13.2 Å². The topological polar surface area (TPSA) is 64.1 Å². The highest BCUT2D eigenvalue weighted by atomic mass is 16.5. The molecule has 1 amide bonds. The van der Waals surface area contributed by atoms with Crippen LogP contribution in [0.2, 0.25) is 0 Å². The van der Waals surface area contributed by atoms with Gasteiger partial charge in [0.2, 0.25) is 5.91 Å². The molecule has 5 heteroatoms. The van der Waals surface area contributed by atoms with Gasteiger partial charge in [0, 0.05) is 31.8 Å². The Balaban J connectivity index is 1.65. The molecule has 1 fully saturated rings. The molecule has 0 saturated carbocycles. The van der Waals surface area contributed by atoms with E-state index in [2.05, 4.69) is 15.3 Å². The van der Waals surface area contributed by atoms with Crippen LogP contribution in [0.4, 0.5) is 0 Å². The molecular formula is C17H19N3O2. The molecule has 2 heterocycles. The molecule has 1 aliphatic heterocycles. The third kappa shape index (κ3) is 3.31. The lowest BCUT2D eigenvalue weighted by atomic mass is 9.96. The summed E-state index contributed by atoms with van der Waals surface area (Å²) in [5.74, 6) is 0.627. The van der Waals surface area contributed by atoms with Gasteiger partial charge in [-0.05, 0) is 18.1 Å². The summed E-state index contributed by atoms with van der Waals surface area (Å²) in [6, 6.07) is 11.8. The highest BCUT2D eigenvalue weighted by Gasteiger charge is 2.40. The van der Waals surface area contributed by atoms with E-state index in [-0.39, 0.29) is 5.91 Å². The fraction of sp³-hybridized carbons (Fsp3) is 0.353. The van der Waals surface area contributed by atoms with E-state index in [0.717, 1.165) is 12.0 Å². The largest absolute Gasteiger partial charge is 0.378 e. The molecule has 1 N–H and O–H groups in total. The smallest absolute Gasteiger partial charge is 0.221 e. The van der Waals surface area contributed by atoms with Crippen LogP contribution in [0, 0.1) is 0 Å². The first-order valence-electron chi connectivity index (χ1n) is 7.49. The minimum atomic E-state index is -0.588. The summed E-state index contributed by atoms with van der Waals surface area (Å²) >= 11 is 0. The van der Waals surface area contributed by atoms with Gasteiger partial charge in [0.15, 0.2) is 5.82 Å². The number of aryl methyl sites for hydroxylation is 1. The van der Waals surface area contributed by atoms with Gasteiger partial charge in [0.05, 0.1) is 6.61 Å². The Morgan fingerprint density at radius 1 is 1.18 bits per heavy atom. The lowest BCUT2D eigenvalue weighted by Crippen LogP contribution is -2.47. The fourth-order valence-corrected chi connectivity index (χ4v) is 2.67. The Labute approximate surface area is 129 Å². The van der Waals surface area contributed by atoms with Crippen LogP contribution in [0.25, 0.3) is 0 Å². The zero-order valence-electron chi connectivity index (χ0n) is 12.4. The van der Waals surface area contributed by atoms with Crippen LogP contribution in [-0.4, -0.2) is 29.1 Å². The van der Waals surface area contributed by atoms with Crippen LogP contribution in [0.15, 0.2) is 48.8 Å². The molecule has 0 bridgehead atoms. The maximum absolute atomic E-state index is 12.3. The molecule has 1 aromatic carbocycles. The average Bonchev–Trinajstić information content (AvgIpc) is 3.04. The number of hydrogen-bond acceptors (Lipinski definition) is 4. The number of ether oxygens (including phenoxy) is 1. The molecule has 0 radical (unpaired) electrons. The van der Waals surface area contributed by atoms with Crippen molar-refractivity contribution in [1.29, 1.82) is 0 Å². The monoisotopic (exact) mass is 297 g/mol. The summed E-state index contributed by atoms with van der Waals surface area (Å²) in [4.78, 5) is 20.9. The number of carbonyl (C=O) groups is 1. The standard InChI is InChI=1S/C17H19N3O2/c21-15(8-7-14-5-2-1-3-6-14)20-17(9-12-22-13-17)16-18-10-4-11-19-16/h1-6,10-11H,7-9,12-13H2,(H,20,21). The lowest BCUT2D eigenvalue weighted by molar-refractivity contribution is -0.123. The molecule has 5 nitrogen and oxygen atoms in total. The number of nitrogens with one attached hydrogen (secondary N) is 1. The van der Waals surface area contributed by atoms with Crippen LogP contribution >= 0.6 is 0 Å². The van der Waals surface area contributed by atoms with Gasteiger partial charge >= 0.3 is 0 Å². The summed E-state index contributed by atoms with van der Waals surface area (Å²) < 4.78 is 5.48. The number of nitrogens with zero attached hydrogens (tertiary/aromatic N) is 2. The Morgan fingerprint density at radius 2 is 1.95 bits per heavy atom. The van der Waals surface area contributed by atoms with Crippen LogP contribution < -0.4 is 5.32 Å². The first kappa shape index (κ1) is 14.7. The third-order valence-corrected chi connectivity index (χ3v) is 3.88. The van der Waals surface area contributed by atoms with Gasteiger partial charge in [0.25, 0.3) is 0 Å². The molecule has 2 aromatic rings. The summed E-state index contributed by atoms with van der Waals surface area (Å²) in [6.07, 6.45) is 5.25. The molecule has 0 aliphatic carbocycles. The van der Waals surface area contributed by atoms with Crippen LogP contribution in [0.1, 0.15) is 24.2 Å².